The van der Waals surface area contributed by atoms with Crippen LogP contribution in [0.2, 0.25) is 0 Å². The van der Waals surface area contributed by atoms with Crippen LogP contribution in [0, 0.1) is 0 Å². The molecule has 28 heavy (non-hydrogen) atoms. The number of carbonyl (C=O) groups is 1. The van der Waals surface area contributed by atoms with Gasteiger partial charge in [0.15, 0.2) is 5.16 Å². The van der Waals surface area contributed by atoms with E-state index in [9.17, 15) is 4.79 Å². The van der Waals surface area contributed by atoms with Gasteiger partial charge in [-0.3, -0.25) is 9.36 Å². The van der Waals surface area contributed by atoms with Gasteiger partial charge in [-0.1, -0.05) is 71.9 Å². The molecule has 1 unspecified atom stereocenters. The molecule has 0 radical (unpaired) electrons. The molecule has 3 aromatic rings. The van der Waals surface area contributed by atoms with Crippen molar-refractivity contribution in [3.63, 3.8) is 0 Å². The largest absolute Gasteiger partial charge is 0.349 e. The second-order valence-corrected chi connectivity index (χ2v) is 8.63. The van der Waals surface area contributed by atoms with Gasteiger partial charge in [-0.15, -0.1) is 10.2 Å². The maximum Gasteiger partial charge on any atom is 0.230 e. The van der Waals surface area contributed by atoms with Crippen molar-refractivity contribution < 1.29 is 4.79 Å². The minimum absolute atomic E-state index is 0.0436. The molecule has 0 aliphatic rings. The van der Waals surface area contributed by atoms with Crippen molar-refractivity contribution in [2.75, 3.05) is 5.75 Å². The molecular weight excluding hydrogens is 436 g/mol. The Labute approximate surface area is 178 Å². The number of thioether (sulfide) groups is 1. The zero-order chi connectivity index (χ0) is 20.1. The number of hydrogen-bond acceptors (Lipinski definition) is 4. The molecule has 1 heterocycles. The fourth-order valence-corrected chi connectivity index (χ4v) is 4.21. The molecule has 5 nitrogen and oxygen atoms in total. The van der Waals surface area contributed by atoms with E-state index in [0.717, 1.165) is 15.7 Å². The van der Waals surface area contributed by atoms with Crippen molar-refractivity contribution in [2.45, 2.75) is 37.9 Å². The molecule has 1 amide bonds. The summed E-state index contributed by atoms with van der Waals surface area (Å²) in [4.78, 5) is 12.4. The number of rotatable bonds is 7. The van der Waals surface area contributed by atoms with Gasteiger partial charge in [-0.05, 0) is 42.2 Å². The Bertz CT molecular complexity index is 940. The first-order valence-electron chi connectivity index (χ1n) is 9.12. The highest BCUT2D eigenvalue weighted by atomic mass is 79.9. The Hall–Kier alpha value is -2.12. The number of carbonyl (C=O) groups excluding carboxylic acids is 1. The number of nitrogens with zero attached hydrogens (tertiary/aromatic N) is 3. The van der Waals surface area contributed by atoms with Gasteiger partial charge in [-0.2, -0.15) is 0 Å². The highest BCUT2D eigenvalue weighted by molar-refractivity contribution is 9.10. The highest BCUT2D eigenvalue weighted by Crippen LogP contribution is 2.24. The molecule has 0 fully saturated rings. The monoisotopic (exact) mass is 458 g/mol. The molecule has 0 saturated heterocycles. The van der Waals surface area contributed by atoms with Gasteiger partial charge in [0.05, 0.1) is 11.8 Å². The van der Waals surface area contributed by atoms with Gasteiger partial charge < -0.3 is 5.32 Å². The SMILES string of the molecule is CC(C)c1ccc(-n2cnnc2SCC(=O)NC(C)c2ccccc2Br)cc1. The molecule has 0 spiro atoms. The molecule has 146 valence electrons. The van der Waals surface area contributed by atoms with E-state index in [0.29, 0.717) is 11.1 Å². The topological polar surface area (TPSA) is 59.8 Å². The van der Waals surface area contributed by atoms with E-state index in [1.807, 2.05) is 35.8 Å². The van der Waals surface area contributed by atoms with E-state index in [-0.39, 0.29) is 17.7 Å². The molecule has 0 aliphatic carbocycles. The molecule has 0 bridgehead atoms. The second kappa shape index (κ2) is 9.39. The van der Waals surface area contributed by atoms with Gasteiger partial charge in [0.2, 0.25) is 5.91 Å². The summed E-state index contributed by atoms with van der Waals surface area (Å²) in [5.74, 6) is 0.717. The normalized spacial score (nSPS) is 12.2. The highest BCUT2D eigenvalue weighted by Gasteiger charge is 2.14. The van der Waals surface area contributed by atoms with Gasteiger partial charge >= 0.3 is 0 Å². The number of amides is 1. The number of benzene rings is 2. The first kappa shape index (κ1) is 20.6. The van der Waals surface area contributed by atoms with E-state index >= 15 is 0 Å². The third-order valence-electron chi connectivity index (χ3n) is 4.44. The van der Waals surface area contributed by atoms with Crippen LogP contribution in [0.15, 0.2) is 64.5 Å². The minimum atomic E-state index is -0.0786. The lowest BCUT2D eigenvalue weighted by atomic mass is 10.0. The summed E-state index contributed by atoms with van der Waals surface area (Å²) >= 11 is 4.90. The summed E-state index contributed by atoms with van der Waals surface area (Å²) in [5.41, 5.74) is 3.32. The summed E-state index contributed by atoms with van der Waals surface area (Å²) < 4.78 is 2.89. The fourth-order valence-electron chi connectivity index (χ4n) is 2.84. The third-order valence-corrected chi connectivity index (χ3v) is 6.10. The Balaban J connectivity index is 1.62. The Morgan fingerprint density at radius 2 is 1.86 bits per heavy atom. The Morgan fingerprint density at radius 1 is 1.14 bits per heavy atom. The van der Waals surface area contributed by atoms with E-state index < -0.39 is 0 Å². The molecule has 0 aliphatic heterocycles. The lowest BCUT2D eigenvalue weighted by Gasteiger charge is -2.15. The smallest absolute Gasteiger partial charge is 0.230 e. The minimum Gasteiger partial charge on any atom is -0.349 e. The number of aromatic nitrogens is 3. The van der Waals surface area contributed by atoms with Gasteiger partial charge in [0.25, 0.3) is 0 Å². The Morgan fingerprint density at radius 3 is 2.54 bits per heavy atom. The standard InChI is InChI=1S/C21H23BrN4OS/c1-14(2)16-8-10-17(11-9-16)26-13-23-25-21(26)28-12-20(27)24-15(3)18-6-4-5-7-19(18)22/h4-11,13-15H,12H2,1-3H3,(H,24,27). The molecule has 1 N–H and O–H groups in total. The molecule has 3 rings (SSSR count). The van der Waals surface area contributed by atoms with Gasteiger partial charge in [-0.25, -0.2) is 0 Å². The van der Waals surface area contributed by atoms with E-state index in [1.165, 1.54) is 17.3 Å². The first-order valence-corrected chi connectivity index (χ1v) is 10.9. The van der Waals surface area contributed by atoms with Crippen LogP contribution in [0.5, 0.6) is 0 Å². The van der Waals surface area contributed by atoms with E-state index in [1.54, 1.807) is 6.33 Å². The van der Waals surface area contributed by atoms with Crippen molar-refractivity contribution >= 4 is 33.6 Å². The quantitative estimate of drug-likeness (QED) is 0.498. The molecule has 0 saturated carbocycles. The van der Waals surface area contributed by atoms with E-state index in [2.05, 4.69) is 69.6 Å². The second-order valence-electron chi connectivity index (χ2n) is 6.83. The summed E-state index contributed by atoms with van der Waals surface area (Å²) in [6.45, 7) is 6.31. The van der Waals surface area contributed by atoms with Crippen LogP contribution in [0.3, 0.4) is 0 Å². The van der Waals surface area contributed by atoms with Crippen molar-refractivity contribution in [3.05, 3.63) is 70.5 Å². The van der Waals surface area contributed by atoms with Crippen molar-refractivity contribution in [2.24, 2.45) is 0 Å². The molecular formula is C21H23BrN4OS. The molecule has 2 aromatic carbocycles. The van der Waals surface area contributed by atoms with Gasteiger partial charge in [0, 0.05) is 10.2 Å². The average Bonchev–Trinajstić information content (AvgIpc) is 3.15. The van der Waals surface area contributed by atoms with Crippen LogP contribution < -0.4 is 5.32 Å². The summed E-state index contributed by atoms with van der Waals surface area (Å²) in [6, 6.07) is 16.1. The maximum atomic E-state index is 12.4. The molecule has 7 heteroatoms. The first-order chi connectivity index (χ1) is 13.5. The number of hydrogen-bond donors (Lipinski definition) is 1. The van der Waals surface area contributed by atoms with Crippen LogP contribution in [0.1, 0.15) is 43.9 Å². The van der Waals surface area contributed by atoms with Crippen LogP contribution >= 0.6 is 27.7 Å². The average molecular weight is 459 g/mol. The van der Waals surface area contributed by atoms with Gasteiger partial charge in [0.1, 0.15) is 6.33 Å². The van der Waals surface area contributed by atoms with Crippen LogP contribution in [-0.4, -0.2) is 26.4 Å². The third kappa shape index (κ3) is 5.02. The maximum absolute atomic E-state index is 12.4. The number of halogens is 1. The molecule has 1 atom stereocenters. The zero-order valence-corrected chi connectivity index (χ0v) is 18.5. The zero-order valence-electron chi connectivity index (χ0n) is 16.1. The predicted octanol–water partition coefficient (Wildman–Crippen LogP) is 5.12. The Kier molecular flexibility index (Phi) is 6.91. The lowest BCUT2D eigenvalue weighted by molar-refractivity contribution is -0.119. The van der Waals surface area contributed by atoms with Crippen LogP contribution in [0.4, 0.5) is 0 Å². The molecule has 1 aromatic heterocycles. The lowest BCUT2D eigenvalue weighted by Crippen LogP contribution is -2.28. The summed E-state index contributed by atoms with van der Waals surface area (Å²) in [5, 5.41) is 11.9. The summed E-state index contributed by atoms with van der Waals surface area (Å²) in [6.07, 6.45) is 1.67. The van der Waals surface area contributed by atoms with E-state index in [4.69, 9.17) is 0 Å². The predicted molar refractivity (Wildman–Crippen MR) is 117 cm³/mol. The van der Waals surface area contributed by atoms with Crippen LogP contribution in [0.25, 0.3) is 5.69 Å². The van der Waals surface area contributed by atoms with Crippen molar-refractivity contribution in [1.82, 2.24) is 20.1 Å². The van der Waals surface area contributed by atoms with Crippen LogP contribution in [-0.2, 0) is 4.79 Å². The number of nitrogens with one attached hydrogen (secondary N) is 1. The summed E-state index contributed by atoms with van der Waals surface area (Å²) in [7, 11) is 0. The van der Waals surface area contributed by atoms with Crippen molar-refractivity contribution in [1.29, 1.82) is 0 Å². The fraction of sp³-hybridized carbons (Fsp3) is 0.286. The van der Waals surface area contributed by atoms with Crippen molar-refractivity contribution in [3.8, 4) is 5.69 Å².